The molecular weight excluding hydrogens is 204 g/mol. The molecule has 0 saturated heterocycles. The lowest BCUT2D eigenvalue weighted by Crippen LogP contribution is -1.98. The van der Waals surface area contributed by atoms with E-state index in [1.165, 1.54) is 21.0 Å². The molecule has 80 valence electrons. The van der Waals surface area contributed by atoms with Gasteiger partial charge in [-0.25, -0.2) is 4.98 Å². The van der Waals surface area contributed by atoms with Crippen LogP contribution in [-0.2, 0) is 6.54 Å². The Hall–Kier alpha value is -1.09. The van der Waals surface area contributed by atoms with Crippen LogP contribution in [-0.4, -0.2) is 9.55 Å². The zero-order chi connectivity index (χ0) is 11.0. The van der Waals surface area contributed by atoms with Crippen LogP contribution in [0, 0.1) is 20.8 Å². The maximum absolute atomic E-state index is 4.38. The van der Waals surface area contributed by atoms with Crippen molar-refractivity contribution in [1.29, 1.82) is 0 Å². The van der Waals surface area contributed by atoms with Crippen LogP contribution in [0.25, 0.3) is 10.6 Å². The molecule has 0 bridgehead atoms. The fourth-order valence-corrected chi connectivity index (χ4v) is 2.99. The number of hydrogen-bond acceptors (Lipinski definition) is 2. The largest absolute Gasteiger partial charge is 0.328 e. The van der Waals surface area contributed by atoms with Crippen LogP contribution >= 0.6 is 11.3 Å². The van der Waals surface area contributed by atoms with Crippen molar-refractivity contribution in [1.82, 2.24) is 9.55 Å². The van der Waals surface area contributed by atoms with Gasteiger partial charge >= 0.3 is 0 Å². The van der Waals surface area contributed by atoms with Crippen molar-refractivity contribution < 1.29 is 0 Å². The summed E-state index contributed by atoms with van der Waals surface area (Å²) in [6, 6.07) is 2.24. The molecule has 0 aliphatic rings. The van der Waals surface area contributed by atoms with E-state index in [1.54, 1.807) is 0 Å². The molecule has 0 spiro atoms. The fourth-order valence-electron chi connectivity index (χ4n) is 1.94. The molecule has 0 saturated carbocycles. The van der Waals surface area contributed by atoms with Crippen molar-refractivity contribution in [2.75, 3.05) is 0 Å². The van der Waals surface area contributed by atoms with Crippen molar-refractivity contribution in [3.8, 4) is 10.6 Å². The van der Waals surface area contributed by atoms with E-state index in [2.05, 4.69) is 43.3 Å². The number of hydrogen-bond donors (Lipinski definition) is 0. The van der Waals surface area contributed by atoms with Crippen LogP contribution in [0.1, 0.15) is 23.2 Å². The molecule has 0 aliphatic heterocycles. The van der Waals surface area contributed by atoms with E-state index >= 15 is 0 Å². The van der Waals surface area contributed by atoms with Crippen LogP contribution in [0.15, 0.2) is 12.3 Å². The first-order valence-corrected chi connectivity index (χ1v) is 6.04. The highest BCUT2D eigenvalue weighted by Gasteiger charge is 2.11. The number of rotatable bonds is 2. The minimum atomic E-state index is 0.984. The minimum absolute atomic E-state index is 0.984. The number of imidazole rings is 1. The van der Waals surface area contributed by atoms with Gasteiger partial charge in [0.15, 0.2) is 0 Å². The summed E-state index contributed by atoms with van der Waals surface area (Å²) in [5, 5.41) is 0. The summed E-state index contributed by atoms with van der Waals surface area (Å²) in [6.45, 7) is 9.52. The van der Waals surface area contributed by atoms with Gasteiger partial charge in [-0.1, -0.05) is 0 Å². The molecular formula is C12H16N2S. The lowest BCUT2D eigenvalue weighted by Gasteiger charge is -2.06. The summed E-state index contributed by atoms with van der Waals surface area (Å²) in [5.74, 6) is 1.10. The second-order valence-corrected chi connectivity index (χ2v) is 5.06. The van der Waals surface area contributed by atoms with E-state index in [-0.39, 0.29) is 0 Å². The standard InChI is InChI=1S/C12H16N2S/c1-5-14-10(4)13-7-11(14)12-8(2)6-9(3)15-12/h6-7H,5H2,1-4H3. The SMILES string of the molecule is CCn1c(-c2sc(C)cc2C)cnc1C. The van der Waals surface area contributed by atoms with E-state index in [4.69, 9.17) is 0 Å². The maximum Gasteiger partial charge on any atom is 0.105 e. The molecule has 2 rings (SSSR count). The minimum Gasteiger partial charge on any atom is -0.328 e. The number of thiophene rings is 1. The second-order valence-electron chi connectivity index (χ2n) is 3.80. The van der Waals surface area contributed by atoms with Crippen molar-refractivity contribution in [3.63, 3.8) is 0 Å². The third-order valence-electron chi connectivity index (χ3n) is 2.64. The van der Waals surface area contributed by atoms with Gasteiger partial charge in [-0.15, -0.1) is 11.3 Å². The Bertz CT molecular complexity index is 480. The normalized spacial score (nSPS) is 10.9. The molecule has 0 atom stereocenters. The zero-order valence-electron chi connectivity index (χ0n) is 9.66. The molecule has 3 heteroatoms. The van der Waals surface area contributed by atoms with Gasteiger partial charge in [0.05, 0.1) is 16.8 Å². The fraction of sp³-hybridized carbons (Fsp3) is 0.417. The van der Waals surface area contributed by atoms with Gasteiger partial charge in [-0.3, -0.25) is 0 Å². The van der Waals surface area contributed by atoms with Crippen LogP contribution in [0.3, 0.4) is 0 Å². The topological polar surface area (TPSA) is 17.8 Å². The zero-order valence-corrected chi connectivity index (χ0v) is 10.5. The summed E-state index contributed by atoms with van der Waals surface area (Å²) in [4.78, 5) is 7.11. The average Bonchev–Trinajstić information content (AvgIpc) is 2.69. The molecule has 15 heavy (non-hydrogen) atoms. The van der Waals surface area contributed by atoms with Gasteiger partial charge in [0.25, 0.3) is 0 Å². The van der Waals surface area contributed by atoms with Crippen molar-refractivity contribution in [2.45, 2.75) is 34.2 Å². The first kappa shape index (κ1) is 10.4. The quantitative estimate of drug-likeness (QED) is 0.756. The van der Waals surface area contributed by atoms with Crippen molar-refractivity contribution in [2.24, 2.45) is 0 Å². The summed E-state index contributed by atoms with van der Waals surface area (Å²) >= 11 is 1.85. The highest BCUT2D eigenvalue weighted by Crippen LogP contribution is 2.32. The molecule has 2 heterocycles. The van der Waals surface area contributed by atoms with E-state index in [0.29, 0.717) is 0 Å². The molecule has 0 amide bonds. The number of aryl methyl sites for hydroxylation is 3. The Morgan fingerprint density at radius 2 is 2.07 bits per heavy atom. The number of aromatic nitrogens is 2. The molecule has 0 aliphatic carbocycles. The van der Waals surface area contributed by atoms with Gasteiger partial charge < -0.3 is 4.57 Å². The van der Waals surface area contributed by atoms with Gasteiger partial charge in [-0.05, 0) is 39.3 Å². The monoisotopic (exact) mass is 220 g/mol. The van der Waals surface area contributed by atoms with E-state index in [1.807, 2.05) is 17.5 Å². The Balaban J connectivity index is 2.58. The molecule has 0 aromatic carbocycles. The smallest absolute Gasteiger partial charge is 0.105 e. The predicted molar refractivity (Wildman–Crippen MR) is 65.4 cm³/mol. The van der Waals surface area contributed by atoms with Crippen LogP contribution in [0.4, 0.5) is 0 Å². The summed E-state index contributed by atoms with van der Waals surface area (Å²) in [6.07, 6.45) is 1.98. The van der Waals surface area contributed by atoms with Crippen LogP contribution in [0.5, 0.6) is 0 Å². The molecule has 2 aromatic rings. The molecule has 0 N–H and O–H groups in total. The highest BCUT2D eigenvalue weighted by atomic mass is 32.1. The summed E-state index contributed by atoms with van der Waals surface area (Å²) in [7, 11) is 0. The van der Waals surface area contributed by atoms with Gasteiger partial charge in [0.2, 0.25) is 0 Å². The molecule has 2 aromatic heterocycles. The van der Waals surface area contributed by atoms with Crippen molar-refractivity contribution in [3.05, 3.63) is 28.5 Å². The van der Waals surface area contributed by atoms with Crippen molar-refractivity contribution >= 4 is 11.3 Å². The second kappa shape index (κ2) is 3.81. The Kier molecular flexibility index (Phi) is 2.65. The first-order chi connectivity index (χ1) is 7.13. The molecule has 2 nitrogen and oxygen atoms in total. The first-order valence-electron chi connectivity index (χ1n) is 5.23. The van der Waals surface area contributed by atoms with E-state index in [9.17, 15) is 0 Å². The maximum atomic E-state index is 4.38. The predicted octanol–water partition coefficient (Wildman–Crippen LogP) is 3.56. The molecule has 0 radical (unpaired) electrons. The summed E-state index contributed by atoms with van der Waals surface area (Å²) in [5.41, 5.74) is 2.61. The average molecular weight is 220 g/mol. The van der Waals surface area contributed by atoms with E-state index in [0.717, 1.165) is 12.4 Å². The summed E-state index contributed by atoms with van der Waals surface area (Å²) < 4.78 is 2.26. The van der Waals surface area contributed by atoms with Crippen LogP contribution in [0.2, 0.25) is 0 Å². The number of nitrogens with zero attached hydrogens (tertiary/aromatic N) is 2. The van der Waals surface area contributed by atoms with Gasteiger partial charge in [0, 0.05) is 11.4 Å². The van der Waals surface area contributed by atoms with Gasteiger partial charge in [-0.2, -0.15) is 0 Å². The third kappa shape index (κ3) is 1.72. The van der Waals surface area contributed by atoms with E-state index < -0.39 is 0 Å². The van der Waals surface area contributed by atoms with Crippen LogP contribution < -0.4 is 0 Å². The Morgan fingerprint density at radius 1 is 1.33 bits per heavy atom. The molecule has 0 unspecified atom stereocenters. The van der Waals surface area contributed by atoms with Gasteiger partial charge in [0.1, 0.15) is 5.82 Å². The highest BCUT2D eigenvalue weighted by molar-refractivity contribution is 7.15. The lowest BCUT2D eigenvalue weighted by atomic mass is 10.2. The lowest BCUT2D eigenvalue weighted by molar-refractivity contribution is 0.737. The Labute approximate surface area is 94.6 Å². The third-order valence-corrected chi connectivity index (χ3v) is 3.82. The molecule has 0 fully saturated rings. The Morgan fingerprint density at radius 3 is 2.60 bits per heavy atom.